The molecule has 0 aliphatic carbocycles. The van der Waals surface area contributed by atoms with Gasteiger partial charge < -0.3 is 10.7 Å². The van der Waals surface area contributed by atoms with E-state index < -0.39 is 10.8 Å². The molecule has 0 saturated heterocycles. The number of aromatic amines is 1. The molecule has 1 atom stereocenters. The van der Waals surface area contributed by atoms with Crippen LogP contribution in [0.2, 0.25) is 0 Å². The molecule has 3 aromatic rings. The van der Waals surface area contributed by atoms with Gasteiger partial charge in [0.05, 0.1) is 27.6 Å². The number of nitrogens with one attached hydrogen (secondary N) is 1. The number of nitrogens with zero attached hydrogens (tertiary/aromatic N) is 1. The van der Waals surface area contributed by atoms with Gasteiger partial charge in [-0.2, -0.15) is 0 Å². The fourth-order valence-corrected chi connectivity index (χ4v) is 3.21. The topological polar surface area (TPSA) is 71.8 Å². The van der Waals surface area contributed by atoms with Crippen LogP contribution < -0.4 is 5.73 Å². The average Bonchev–Trinajstić information content (AvgIpc) is 2.80. The first-order valence-corrected chi connectivity index (χ1v) is 7.63. The van der Waals surface area contributed by atoms with E-state index in [9.17, 15) is 4.21 Å². The van der Waals surface area contributed by atoms with E-state index in [2.05, 4.69) is 9.97 Å². The normalized spacial score (nSPS) is 12.7. The zero-order valence-electron chi connectivity index (χ0n) is 11.1. The summed E-state index contributed by atoms with van der Waals surface area (Å²) in [5, 5.41) is 0. The first-order chi connectivity index (χ1) is 9.61. The Morgan fingerprint density at radius 2 is 2.10 bits per heavy atom. The van der Waals surface area contributed by atoms with Gasteiger partial charge in [-0.1, -0.05) is 12.1 Å². The minimum Gasteiger partial charge on any atom is -0.399 e. The zero-order valence-corrected chi connectivity index (χ0v) is 11.9. The molecule has 0 aliphatic rings. The lowest BCUT2D eigenvalue weighted by molar-refractivity contribution is 0.681. The summed E-state index contributed by atoms with van der Waals surface area (Å²) >= 11 is 0. The molecule has 0 bridgehead atoms. The van der Waals surface area contributed by atoms with Crippen molar-refractivity contribution in [2.45, 2.75) is 17.6 Å². The summed E-state index contributed by atoms with van der Waals surface area (Å²) < 4.78 is 12.3. The van der Waals surface area contributed by atoms with Crippen molar-refractivity contribution in [3.63, 3.8) is 0 Å². The molecule has 0 spiro atoms. The van der Waals surface area contributed by atoms with E-state index in [-0.39, 0.29) is 0 Å². The minimum atomic E-state index is -1.10. The maximum absolute atomic E-state index is 12.3. The van der Waals surface area contributed by atoms with Gasteiger partial charge in [-0.25, -0.2) is 4.98 Å². The van der Waals surface area contributed by atoms with Crippen LogP contribution in [0.4, 0.5) is 5.69 Å². The average molecular weight is 285 g/mol. The Morgan fingerprint density at radius 1 is 1.25 bits per heavy atom. The molecule has 102 valence electrons. The highest BCUT2D eigenvalue weighted by molar-refractivity contribution is 7.84. The van der Waals surface area contributed by atoms with Crippen molar-refractivity contribution in [2.75, 3.05) is 5.73 Å². The van der Waals surface area contributed by atoms with Gasteiger partial charge >= 0.3 is 0 Å². The number of benzene rings is 2. The SMILES string of the molecule is Cc1cccc(S(=O)Cc2nc3ccc(N)cc3[nH]2)c1. The Labute approximate surface area is 119 Å². The Morgan fingerprint density at radius 3 is 2.90 bits per heavy atom. The molecular weight excluding hydrogens is 270 g/mol. The minimum absolute atomic E-state index is 0.373. The molecule has 0 saturated carbocycles. The number of hydrogen-bond donors (Lipinski definition) is 2. The first kappa shape index (κ1) is 12.9. The summed E-state index contributed by atoms with van der Waals surface area (Å²) in [6, 6.07) is 13.2. The van der Waals surface area contributed by atoms with Crippen LogP contribution in [0, 0.1) is 6.92 Å². The second kappa shape index (κ2) is 5.09. The van der Waals surface area contributed by atoms with Crippen molar-refractivity contribution < 1.29 is 4.21 Å². The van der Waals surface area contributed by atoms with Crippen LogP contribution in [0.15, 0.2) is 47.4 Å². The summed E-state index contributed by atoms with van der Waals surface area (Å²) in [5.41, 5.74) is 9.25. The fourth-order valence-electron chi connectivity index (χ4n) is 2.11. The van der Waals surface area contributed by atoms with Gasteiger partial charge in [0, 0.05) is 10.6 Å². The molecule has 3 N–H and O–H groups in total. The van der Waals surface area contributed by atoms with Gasteiger partial charge in [0.2, 0.25) is 0 Å². The monoisotopic (exact) mass is 285 g/mol. The van der Waals surface area contributed by atoms with E-state index in [1.165, 1.54) is 0 Å². The quantitative estimate of drug-likeness (QED) is 0.727. The summed E-state index contributed by atoms with van der Waals surface area (Å²) in [6.45, 7) is 1.99. The van der Waals surface area contributed by atoms with Crippen molar-refractivity contribution in [3.05, 3.63) is 53.9 Å². The Balaban J connectivity index is 1.87. The second-order valence-electron chi connectivity index (χ2n) is 4.77. The highest BCUT2D eigenvalue weighted by atomic mass is 32.2. The van der Waals surface area contributed by atoms with Crippen LogP contribution >= 0.6 is 0 Å². The van der Waals surface area contributed by atoms with Crippen molar-refractivity contribution in [1.82, 2.24) is 9.97 Å². The lowest BCUT2D eigenvalue weighted by Gasteiger charge is -2.01. The predicted octanol–water partition coefficient (Wildman–Crippen LogP) is 2.76. The number of nitrogen functional groups attached to an aromatic ring is 1. The van der Waals surface area contributed by atoms with Gasteiger partial charge in [0.25, 0.3) is 0 Å². The number of hydrogen-bond acceptors (Lipinski definition) is 3. The van der Waals surface area contributed by atoms with Crippen LogP contribution in [0.5, 0.6) is 0 Å². The molecule has 0 amide bonds. The van der Waals surface area contributed by atoms with Crippen molar-refractivity contribution in [3.8, 4) is 0 Å². The van der Waals surface area contributed by atoms with Crippen LogP contribution in [-0.2, 0) is 16.6 Å². The predicted molar refractivity (Wildman–Crippen MR) is 81.8 cm³/mol. The van der Waals surface area contributed by atoms with Crippen molar-refractivity contribution in [2.24, 2.45) is 0 Å². The summed E-state index contributed by atoms with van der Waals surface area (Å²) in [6.07, 6.45) is 0. The van der Waals surface area contributed by atoms with Crippen LogP contribution in [0.3, 0.4) is 0 Å². The molecule has 1 aromatic heterocycles. The van der Waals surface area contributed by atoms with Crippen molar-refractivity contribution in [1.29, 1.82) is 0 Å². The van der Waals surface area contributed by atoms with Crippen LogP contribution in [0.1, 0.15) is 11.4 Å². The van der Waals surface area contributed by atoms with E-state index in [1.807, 2.05) is 49.4 Å². The lowest BCUT2D eigenvalue weighted by atomic mass is 10.2. The molecule has 4 nitrogen and oxygen atoms in total. The summed E-state index contributed by atoms with van der Waals surface area (Å²) in [7, 11) is -1.10. The Kier molecular flexibility index (Phi) is 3.28. The third kappa shape index (κ3) is 2.58. The number of fused-ring (bicyclic) bond motifs is 1. The fraction of sp³-hybridized carbons (Fsp3) is 0.133. The molecule has 0 aliphatic heterocycles. The van der Waals surface area contributed by atoms with Gasteiger partial charge in [-0.3, -0.25) is 4.21 Å². The largest absolute Gasteiger partial charge is 0.399 e. The summed E-state index contributed by atoms with van der Waals surface area (Å²) in [4.78, 5) is 8.43. The third-order valence-electron chi connectivity index (χ3n) is 3.08. The second-order valence-corrected chi connectivity index (χ2v) is 6.22. The van der Waals surface area contributed by atoms with Crippen LogP contribution in [-0.4, -0.2) is 14.2 Å². The lowest BCUT2D eigenvalue weighted by Crippen LogP contribution is -1.98. The maximum Gasteiger partial charge on any atom is 0.120 e. The van der Waals surface area contributed by atoms with Crippen molar-refractivity contribution >= 4 is 27.5 Å². The molecule has 2 aromatic carbocycles. The van der Waals surface area contributed by atoms with Crippen LogP contribution in [0.25, 0.3) is 11.0 Å². The zero-order chi connectivity index (χ0) is 14.1. The highest BCUT2D eigenvalue weighted by Gasteiger charge is 2.09. The number of H-pyrrole nitrogens is 1. The number of imidazole rings is 1. The molecule has 0 fully saturated rings. The Hall–Kier alpha value is -2.14. The van der Waals surface area contributed by atoms with Gasteiger partial charge in [-0.05, 0) is 42.8 Å². The molecule has 1 heterocycles. The van der Waals surface area contributed by atoms with Gasteiger partial charge in [0.1, 0.15) is 5.82 Å². The molecular formula is C15H15N3OS. The number of rotatable bonds is 3. The standard InChI is InChI=1S/C15H15N3OS/c1-10-3-2-4-12(7-10)20(19)9-15-17-13-6-5-11(16)8-14(13)18-15/h2-8H,9,16H2,1H3,(H,17,18). The Bertz CT molecular complexity index is 795. The molecule has 3 rings (SSSR count). The highest BCUT2D eigenvalue weighted by Crippen LogP contribution is 2.17. The number of aryl methyl sites for hydroxylation is 1. The summed E-state index contributed by atoms with van der Waals surface area (Å²) in [5.74, 6) is 1.09. The number of aromatic nitrogens is 2. The van der Waals surface area contributed by atoms with E-state index in [0.717, 1.165) is 21.5 Å². The van der Waals surface area contributed by atoms with E-state index in [1.54, 1.807) is 0 Å². The van der Waals surface area contributed by atoms with E-state index >= 15 is 0 Å². The van der Waals surface area contributed by atoms with E-state index in [4.69, 9.17) is 5.73 Å². The molecule has 5 heteroatoms. The van der Waals surface area contributed by atoms with E-state index in [0.29, 0.717) is 17.3 Å². The first-order valence-electron chi connectivity index (χ1n) is 6.31. The maximum atomic E-state index is 12.3. The van der Waals surface area contributed by atoms with Gasteiger partial charge in [0.15, 0.2) is 0 Å². The molecule has 20 heavy (non-hydrogen) atoms. The van der Waals surface area contributed by atoms with Gasteiger partial charge in [-0.15, -0.1) is 0 Å². The molecule has 0 radical (unpaired) electrons. The molecule has 1 unspecified atom stereocenters. The number of anilines is 1. The third-order valence-corrected chi connectivity index (χ3v) is 4.39. The number of nitrogens with two attached hydrogens (primary N) is 1. The smallest absolute Gasteiger partial charge is 0.120 e.